The molecule has 224 valence electrons. The fourth-order valence-electron chi connectivity index (χ4n) is 4.15. The van der Waals surface area contributed by atoms with E-state index >= 15 is 0 Å². The molecule has 0 saturated carbocycles. The topological polar surface area (TPSA) is 130 Å². The average molecular weight is 602 g/mol. The number of halogens is 3. The van der Waals surface area contributed by atoms with Gasteiger partial charge in [0.25, 0.3) is 0 Å². The Hall–Kier alpha value is -3.36. The Kier molecular flexibility index (Phi) is 7.82. The lowest BCUT2D eigenvalue weighted by Crippen LogP contribution is -2.61. The molecule has 1 N–H and O–H groups in total. The molecule has 0 bridgehead atoms. The molecule has 10 nitrogen and oxygen atoms in total. The third kappa shape index (κ3) is 7.11. The minimum Gasteiger partial charge on any atom is -0.456 e. The van der Waals surface area contributed by atoms with Gasteiger partial charge in [0.1, 0.15) is 22.5 Å². The van der Waals surface area contributed by atoms with E-state index in [2.05, 4.69) is 9.50 Å². The number of alkyl carbamates (subject to hydrolysis) is 1. The fourth-order valence-corrected chi connectivity index (χ4v) is 4.60. The second-order valence-electron chi connectivity index (χ2n) is 11.3. The lowest BCUT2D eigenvalue weighted by Gasteiger charge is -2.44. The summed E-state index contributed by atoms with van der Waals surface area (Å²) >= 11 is 0. The molecule has 1 fully saturated rings. The molecule has 2 heterocycles. The second-order valence-corrected chi connectivity index (χ2v) is 12.8. The summed E-state index contributed by atoms with van der Waals surface area (Å²) in [4.78, 5) is 25.7. The largest absolute Gasteiger partial charge is 0.534 e. The molecule has 3 aromatic rings. The number of hydrogen-bond donors (Lipinski definition) is 1. The van der Waals surface area contributed by atoms with E-state index in [1.807, 2.05) is 0 Å². The van der Waals surface area contributed by atoms with Crippen LogP contribution in [0.15, 0.2) is 45.6 Å². The first-order valence-corrected chi connectivity index (χ1v) is 14.0. The summed E-state index contributed by atoms with van der Waals surface area (Å²) in [5.74, 6) is -1.50. The van der Waals surface area contributed by atoms with Gasteiger partial charge in [-0.2, -0.15) is 21.6 Å². The van der Waals surface area contributed by atoms with E-state index in [9.17, 15) is 31.2 Å². The number of fused-ring (bicyclic) bond motifs is 2. The highest BCUT2D eigenvalue weighted by molar-refractivity contribution is 7.88. The molecular formula is C27H30F3NO9S. The molecule has 4 rings (SSSR count). The van der Waals surface area contributed by atoms with Crippen molar-refractivity contribution < 1.29 is 49.2 Å². The van der Waals surface area contributed by atoms with E-state index in [1.165, 1.54) is 6.07 Å². The molecule has 1 amide bonds. The zero-order chi connectivity index (χ0) is 30.4. The van der Waals surface area contributed by atoms with Crippen LogP contribution in [0.2, 0.25) is 0 Å². The van der Waals surface area contributed by atoms with E-state index in [1.54, 1.807) is 46.8 Å². The maximum atomic E-state index is 13.1. The van der Waals surface area contributed by atoms with Gasteiger partial charge in [-0.05, 0) is 83.4 Å². The number of carbonyl (C=O) groups excluding carboxylic acids is 1. The summed E-state index contributed by atoms with van der Waals surface area (Å²) in [5.41, 5.74) is -6.82. The molecule has 0 atom stereocenters. The van der Waals surface area contributed by atoms with Crippen LogP contribution >= 0.6 is 0 Å². The Morgan fingerprint density at radius 3 is 2.27 bits per heavy atom. The maximum Gasteiger partial charge on any atom is 0.534 e. The molecule has 0 aliphatic carbocycles. The Bertz CT molecular complexity index is 1630. The van der Waals surface area contributed by atoms with Gasteiger partial charge < -0.3 is 28.1 Å². The Balaban J connectivity index is 1.59. The van der Waals surface area contributed by atoms with Crippen molar-refractivity contribution in [2.45, 2.75) is 69.9 Å². The minimum atomic E-state index is -5.91. The van der Waals surface area contributed by atoms with E-state index in [0.29, 0.717) is 12.8 Å². The van der Waals surface area contributed by atoms with Crippen LogP contribution in [0.4, 0.5) is 18.0 Å². The van der Waals surface area contributed by atoms with Crippen LogP contribution in [0.25, 0.3) is 21.9 Å². The van der Waals surface area contributed by atoms with Crippen LogP contribution in [0.1, 0.15) is 46.6 Å². The number of rotatable bonds is 6. The lowest BCUT2D eigenvalue weighted by atomic mass is 9.91. The number of carbonyl (C=O) groups is 1. The molecule has 41 heavy (non-hydrogen) atoms. The normalized spacial score (nSPS) is 17.4. The molecule has 1 aromatic heterocycles. The molecule has 0 unspecified atom stereocenters. The van der Waals surface area contributed by atoms with Crippen molar-refractivity contribution in [3.8, 4) is 5.75 Å². The van der Waals surface area contributed by atoms with E-state index in [-0.39, 0.29) is 35.2 Å². The van der Waals surface area contributed by atoms with Crippen molar-refractivity contribution in [1.29, 1.82) is 0 Å². The van der Waals surface area contributed by atoms with Gasteiger partial charge in [0, 0.05) is 0 Å². The summed E-state index contributed by atoms with van der Waals surface area (Å²) in [6, 6.07) is 7.82. The van der Waals surface area contributed by atoms with Crippen molar-refractivity contribution in [3.63, 3.8) is 0 Å². The predicted molar refractivity (Wildman–Crippen MR) is 142 cm³/mol. The van der Waals surface area contributed by atoms with Gasteiger partial charge in [0.2, 0.25) is 5.43 Å². The van der Waals surface area contributed by atoms with Crippen LogP contribution in [-0.2, 0) is 30.7 Å². The monoisotopic (exact) mass is 601 g/mol. The van der Waals surface area contributed by atoms with Gasteiger partial charge in [-0.25, -0.2) is 4.79 Å². The smallest absolute Gasteiger partial charge is 0.456 e. The predicted octanol–water partition coefficient (Wildman–Crippen LogP) is 5.15. The summed E-state index contributed by atoms with van der Waals surface area (Å²) in [7, 11) is -5.91. The number of alkyl halides is 3. The van der Waals surface area contributed by atoms with Gasteiger partial charge in [-0.3, -0.25) is 4.79 Å². The lowest BCUT2D eigenvalue weighted by molar-refractivity contribution is -0.271. The quantitative estimate of drug-likeness (QED) is 0.231. The van der Waals surface area contributed by atoms with Crippen molar-refractivity contribution in [2.75, 3.05) is 13.2 Å². The Labute approximate surface area is 233 Å². The summed E-state index contributed by atoms with van der Waals surface area (Å²) in [6.45, 7) is 9.12. The zero-order valence-corrected chi connectivity index (χ0v) is 23.8. The summed E-state index contributed by atoms with van der Waals surface area (Å²) in [6.07, 6.45) is 0.190. The molecular weight excluding hydrogens is 571 g/mol. The SMILES string of the molecule is CC(C)(C)OC(=O)NC1(CCc2ccc3c(=O)c4cc(OS(=O)(=O)C(F)(F)F)ccc4oc3c2)COC(C)(C)OC1. The summed E-state index contributed by atoms with van der Waals surface area (Å²) in [5, 5.41) is 2.86. The Morgan fingerprint density at radius 1 is 1.00 bits per heavy atom. The van der Waals surface area contributed by atoms with Gasteiger partial charge in [-0.15, -0.1) is 0 Å². The third-order valence-electron chi connectivity index (χ3n) is 6.25. The molecule has 1 saturated heterocycles. The van der Waals surface area contributed by atoms with Crippen molar-refractivity contribution in [3.05, 3.63) is 52.2 Å². The molecule has 1 aliphatic rings. The van der Waals surface area contributed by atoms with Crippen molar-refractivity contribution in [1.82, 2.24) is 5.32 Å². The van der Waals surface area contributed by atoms with Gasteiger partial charge >= 0.3 is 21.7 Å². The van der Waals surface area contributed by atoms with Crippen LogP contribution in [-0.4, -0.2) is 50.2 Å². The van der Waals surface area contributed by atoms with Crippen LogP contribution in [0, 0.1) is 0 Å². The van der Waals surface area contributed by atoms with E-state index in [0.717, 1.165) is 23.8 Å². The molecule has 0 radical (unpaired) electrons. The third-order valence-corrected chi connectivity index (χ3v) is 7.22. The fraction of sp³-hybridized carbons (Fsp3) is 0.481. The van der Waals surface area contributed by atoms with Crippen molar-refractivity contribution in [2.24, 2.45) is 0 Å². The number of amides is 1. The summed E-state index contributed by atoms with van der Waals surface area (Å²) < 4.78 is 87.8. The first-order chi connectivity index (χ1) is 18.8. The van der Waals surface area contributed by atoms with Gasteiger partial charge in [0.05, 0.1) is 29.5 Å². The Morgan fingerprint density at radius 2 is 1.66 bits per heavy atom. The number of aryl methyl sites for hydroxylation is 1. The van der Waals surface area contributed by atoms with E-state index < -0.39 is 49.8 Å². The average Bonchev–Trinajstić information content (AvgIpc) is 2.83. The van der Waals surface area contributed by atoms with Crippen molar-refractivity contribution >= 4 is 38.1 Å². The minimum absolute atomic E-state index is 0.0239. The number of benzene rings is 2. The molecule has 2 aromatic carbocycles. The van der Waals surface area contributed by atoms with E-state index in [4.69, 9.17) is 18.6 Å². The van der Waals surface area contributed by atoms with Crippen LogP contribution in [0.3, 0.4) is 0 Å². The zero-order valence-electron chi connectivity index (χ0n) is 23.0. The first-order valence-electron chi connectivity index (χ1n) is 12.6. The highest BCUT2D eigenvalue weighted by atomic mass is 32.2. The molecule has 14 heteroatoms. The highest BCUT2D eigenvalue weighted by Crippen LogP contribution is 2.31. The maximum absolute atomic E-state index is 13.1. The van der Waals surface area contributed by atoms with Crippen LogP contribution < -0.4 is 14.9 Å². The highest BCUT2D eigenvalue weighted by Gasteiger charge is 2.48. The number of hydrogen-bond acceptors (Lipinski definition) is 9. The molecule has 1 aliphatic heterocycles. The van der Waals surface area contributed by atoms with Crippen LogP contribution in [0.5, 0.6) is 5.75 Å². The molecule has 0 spiro atoms. The van der Waals surface area contributed by atoms with Gasteiger partial charge in [-0.1, -0.05) is 6.07 Å². The number of nitrogens with one attached hydrogen (secondary N) is 1. The standard InChI is InChI=1S/C27H30F3NO9S/c1-24(2,3)39-23(33)31-26(14-36-25(4,5)37-15-26)11-10-16-6-8-18-21(12-16)38-20-9-7-17(13-19(20)22(18)32)40-41(34,35)27(28,29)30/h6-9,12-13H,10-11,14-15H2,1-5H3,(H,31,33). The number of ether oxygens (including phenoxy) is 3. The second kappa shape index (κ2) is 10.5. The first kappa shape index (κ1) is 30.6. The van der Waals surface area contributed by atoms with Gasteiger partial charge in [0.15, 0.2) is 5.79 Å².